The fourth-order valence-electron chi connectivity index (χ4n) is 2.31. The molecule has 1 unspecified atom stereocenters. The molecule has 134 valence electrons. The van der Waals surface area contributed by atoms with E-state index in [-0.39, 0.29) is 11.2 Å². The standard InChI is InChI=1S/C20H24ClNOS2/c1-3-19(25-18-10-8-17(21)9-11-18)20(23)22-12-13-24-14-16-7-5-4-6-15(16)2/h4-11,19H,3,12-14H2,1-2H3,(H,22,23). The van der Waals surface area contributed by atoms with Crippen molar-refractivity contribution in [1.82, 2.24) is 5.32 Å². The number of hydrogen-bond donors (Lipinski definition) is 1. The fraction of sp³-hybridized carbons (Fsp3) is 0.350. The fourth-order valence-corrected chi connectivity index (χ4v) is 4.35. The lowest BCUT2D eigenvalue weighted by atomic mass is 10.1. The average Bonchev–Trinajstić information content (AvgIpc) is 2.62. The predicted octanol–water partition coefficient (Wildman–Crippen LogP) is 5.57. The van der Waals surface area contributed by atoms with Crippen molar-refractivity contribution in [3.8, 4) is 0 Å². The first kappa shape index (κ1) is 20.2. The Morgan fingerprint density at radius 1 is 1.16 bits per heavy atom. The van der Waals surface area contributed by atoms with Crippen LogP contribution >= 0.6 is 35.1 Å². The van der Waals surface area contributed by atoms with Gasteiger partial charge in [-0.2, -0.15) is 11.8 Å². The molecule has 5 heteroatoms. The lowest BCUT2D eigenvalue weighted by Crippen LogP contribution is -2.33. The van der Waals surface area contributed by atoms with Gasteiger partial charge in [-0.15, -0.1) is 11.8 Å². The number of thioether (sulfide) groups is 2. The maximum absolute atomic E-state index is 12.4. The van der Waals surface area contributed by atoms with Crippen molar-refractivity contribution in [1.29, 1.82) is 0 Å². The number of carbonyl (C=O) groups is 1. The minimum absolute atomic E-state index is 0.0671. The van der Waals surface area contributed by atoms with E-state index in [1.54, 1.807) is 11.8 Å². The molecule has 2 rings (SSSR count). The number of hydrogen-bond acceptors (Lipinski definition) is 3. The normalized spacial score (nSPS) is 12.0. The number of rotatable bonds is 9. The SMILES string of the molecule is CCC(Sc1ccc(Cl)cc1)C(=O)NCCSCc1ccccc1C. The first-order valence-electron chi connectivity index (χ1n) is 8.42. The van der Waals surface area contributed by atoms with Gasteiger partial charge >= 0.3 is 0 Å². The summed E-state index contributed by atoms with van der Waals surface area (Å²) in [6.07, 6.45) is 0.801. The van der Waals surface area contributed by atoms with Crippen LogP contribution in [0.3, 0.4) is 0 Å². The molecule has 0 fully saturated rings. The Bertz CT molecular complexity index is 676. The van der Waals surface area contributed by atoms with E-state index in [0.717, 1.165) is 22.8 Å². The van der Waals surface area contributed by atoms with Crippen LogP contribution in [0.25, 0.3) is 0 Å². The van der Waals surface area contributed by atoms with Gasteiger partial charge < -0.3 is 5.32 Å². The van der Waals surface area contributed by atoms with E-state index in [9.17, 15) is 4.79 Å². The summed E-state index contributed by atoms with van der Waals surface area (Å²) >= 11 is 9.35. The Hall–Kier alpha value is -1.10. The highest BCUT2D eigenvalue weighted by atomic mass is 35.5. The number of carbonyl (C=O) groups excluding carboxylic acids is 1. The number of aryl methyl sites for hydroxylation is 1. The van der Waals surface area contributed by atoms with Crippen LogP contribution in [0.2, 0.25) is 5.02 Å². The van der Waals surface area contributed by atoms with E-state index in [1.165, 1.54) is 11.1 Å². The number of halogens is 1. The number of benzene rings is 2. The maximum atomic E-state index is 12.4. The monoisotopic (exact) mass is 393 g/mol. The largest absolute Gasteiger partial charge is 0.354 e. The topological polar surface area (TPSA) is 29.1 Å². The molecule has 0 bridgehead atoms. The van der Waals surface area contributed by atoms with Crippen LogP contribution in [0.4, 0.5) is 0 Å². The zero-order chi connectivity index (χ0) is 18.1. The zero-order valence-corrected chi connectivity index (χ0v) is 17.0. The summed E-state index contributed by atoms with van der Waals surface area (Å²) in [5.74, 6) is 2.01. The van der Waals surface area contributed by atoms with Gasteiger partial charge in [0, 0.05) is 28.0 Å². The molecule has 0 aliphatic heterocycles. The molecule has 0 saturated carbocycles. The Morgan fingerprint density at radius 2 is 1.88 bits per heavy atom. The van der Waals surface area contributed by atoms with E-state index >= 15 is 0 Å². The third-order valence-corrected chi connectivity index (χ3v) is 6.46. The Morgan fingerprint density at radius 3 is 2.56 bits per heavy atom. The Kier molecular flexibility index (Phi) is 8.73. The Balaban J connectivity index is 1.71. The van der Waals surface area contributed by atoms with Crippen LogP contribution in [0.1, 0.15) is 24.5 Å². The molecule has 2 nitrogen and oxygen atoms in total. The van der Waals surface area contributed by atoms with Gasteiger partial charge in [0.2, 0.25) is 5.91 Å². The molecule has 2 aromatic carbocycles. The van der Waals surface area contributed by atoms with Crippen LogP contribution in [0.5, 0.6) is 0 Å². The van der Waals surface area contributed by atoms with Gasteiger partial charge in [-0.05, 0) is 48.7 Å². The molecule has 1 amide bonds. The van der Waals surface area contributed by atoms with Crippen LogP contribution in [-0.2, 0) is 10.5 Å². The van der Waals surface area contributed by atoms with Crippen LogP contribution in [0, 0.1) is 6.92 Å². The second-order valence-corrected chi connectivity index (χ2v) is 8.56. The van der Waals surface area contributed by atoms with Crippen LogP contribution < -0.4 is 5.32 Å². The molecule has 1 N–H and O–H groups in total. The highest BCUT2D eigenvalue weighted by Crippen LogP contribution is 2.26. The lowest BCUT2D eigenvalue weighted by molar-refractivity contribution is -0.120. The van der Waals surface area contributed by atoms with E-state index < -0.39 is 0 Å². The molecular formula is C20H24ClNOS2. The van der Waals surface area contributed by atoms with Crippen molar-refractivity contribution >= 4 is 41.0 Å². The molecule has 0 radical (unpaired) electrons. The maximum Gasteiger partial charge on any atom is 0.233 e. The summed E-state index contributed by atoms with van der Waals surface area (Å²) in [5.41, 5.74) is 2.69. The second kappa shape index (κ2) is 10.8. The van der Waals surface area contributed by atoms with Crippen molar-refractivity contribution in [3.05, 3.63) is 64.7 Å². The molecule has 0 spiro atoms. The molecule has 1 atom stereocenters. The lowest BCUT2D eigenvalue weighted by Gasteiger charge is -2.15. The minimum Gasteiger partial charge on any atom is -0.354 e. The average molecular weight is 394 g/mol. The van der Waals surface area contributed by atoms with Crippen molar-refractivity contribution in [2.24, 2.45) is 0 Å². The van der Waals surface area contributed by atoms with Gasteiger partial charge in [-0.1, -0.05) is 42.8 Å². The minimum atomic E-state index is -0.0671. The van der Waals surface area contributed by atoms with Crippen LogP contribution in [-0.4, -0.2) is 23.5 Å². The van der Waals surface area contributed by atoms with Gasteiger partial charge in [0.05, 0.1) is 5.25 Å². The highest BCUT2D eigenvalue weighted by molar-refractivity contribution is 8.00. The summed E-state index contributed by atoms with van der Waals surface area (Å²) in [6.45, 7) is 4.88. The quantitative estimate of drug-likeness (QED) is 0.446. The molecule has 2 aromatic rings. The Labute approximate surface area is 164 Å². The van der Waals surface area contributed by atoms with Crippen molar-refractivity contribution in [2.45, 2.75) is 36.2 Å². The van der Waals surface area contributed by atoms with Gasteiger partial charge in [0.25, 0.3) is 0 Å². The number of nitrogens with one attached hydrogen (secondary N) is 1. The zero-order valence-electron chi connectivity index (χ0n) is 14.6. The summed E-state index contributed by atoms with van der Waals surface area (Å²) in [6, 6.07) is 16.1. The first-order chi connectivity index (χ1) is 12.1. The third-order valence-electron chi connectivity index (χ3n) is 3.82. The van der Waals surface area contributed by atoms with Gasteiger partial charge in [0.15, 0.2) is 0 Å². The molecule has 25 heavy (non-hydrogen) atoms. The molecule has 0 aliphatic carbocycles. The third kappa shape index (κ3) is 6.96. The predicted molar refractivity (Wildman–Crippen MR) is 112 cm³/mol. The van der Waals surface area contributed by atoms with Crippen LogP contribution in [0.15, 0.2) is 53.4 Å². The van der Waals surface area contributed by atoms with E-state index in [4.69, 9.17) is 11.6 Å². The summed E-state index contributed by atoms with van der Waals surface area (Å²) in [5, 5.41) is 3.71. The first-order valence-corrected chi connectivity index (χ1v) is 10.8. The molecule has 0 aliphatic rings. The summed E-state index contributed by atoms with van der Waals surface area (Å²) in [4.78, 5) is 13.4. The van der Waals surface area contributed by atoms with Gasteiger partial charge in [-0.3, -0.25) is 4.79 Å². The highest BCUT2D eigenvalue weighted by Gasteiger charge is 2.17. The van der Waals surface area contributed by atoms with Gasteiger partial charge in [0.1, 0.15) is 0 Å². The van der Waals surface area contributed by atoms with E-state index in [0.29, 0.717) is 11.6 Å². The smallest absolute Gasteiger partial charge is 0.233 e. The molecule has 0 aromatic heterocycles. The van der Waals surface area contributed by atoms with Crippen molar-refractivity contribution < 1.29 is 4.79 Å². The summed E-state index contributed by atoms with van der Waals surface area (Å²) in [7, 11) is 0. The van der Waals surface area contributed by atoms with Gasteiger partial charge in [-0.25, -0.2) is 0 Å². The molecule has 0 heterocycles. The van der Waals surface area contributed by atoms with E-state index in [2.05, 4.69) is 36.5 Å². The van der Waals surface area contributed by atoms with Crippen molar-refractivity contribution in [3.63, 3.8) is 0 Å². The molecule has 0 saturated heterocycles. The molecular weight excluding hydrogens is 370 g/mol. The summed E-state index contributed by atoms with van der Waals surface area (Å²) < 4.78 is 0. The van der Waals surface area contributed by atoms with Crippen molar-refractivity contribution in [2.75, 3.05) is 12.3 Å². The van der Waals surface area contributed by atoms with E-state index in [1.807, 2.05) is 43.0 Å². The second-order valence-electron chi connectivity index (χ2n) is 5.74. The number of amides is 1.